The van der Waals surface area contributed by atoms with E-state index in [0.717, 1.165) is 29.7 Å². The van der Waals surface area contributed by atoms with Crippen LogP contribution in [0.25, 0.3) is 0 Å². The molecule has 1 aliphatic rings. The Hall–Kier alpha value is -1.85. The number of aromatic nitrogens is 2. The summed E-state index contributed by atoms with van der Waals surface area (Å²) in [5, 5.41) is 9.60. The lowest BCUT2D eigenvalue weighted by Gasteiger charge is -2.04. The minimum Gasteiger partial charge on any atom is -0.334 e. The third-order valence-corrected chi connectivity index (χ3v) is 5.63. The van der Waals surface area contributed by atoms with Crippen molar-refractivity contribution in [2.45, 2.75) is 24.3 Å². The summed E-state index contributed by atoms with van der Waals surface area (Å²) in [6, 6.07) is 2.10. The number of H-pyrrole nitrogens is 1. The van der Waals surface area contributed by atoms with E-state index in [0.29, 0.717) is 10.6 Å². The second kappa shape index (κ2) is 4.36. The minimum atomic E-state index is -3.70. The number of nitriles is 1. The molecule has 0 spiro atoms. The van der Waals surface area contributed by atoms with E-state index in [1.807, 2.05) is 0 Å². The van der Waals surface area contributed by atoms with Gasteiger partial charge in [0.05, 0.1) is 18.1 Å². The quantitative estimate of drug-likeness (QED) is 0.898. The number of thiophene rings is 1. The molecule has 2 N–H and O–H groups in total. The number of hydrogen-bond acceptors (Lipinski definition) is 5. The largest absolute Gasteiger partial charge is 0.334 e. The zero-order valence-electron chi connectivity index (χ0n) is 9.80. The lowest BCUT2D eigenvalue weighted by Crippen LogP contribution is -2.13. The van der Waals surface area contributed by atoms with Crippen molar-refractivity contribution in [2.75, 3.05) is 4.72 Å². The summed E-state index contributed by atoms with van der Waals surface area (Å²) in [7, 11) is -3.70. The maximum absolute atomic E-state index is 12.1. The fraction of sp³-hybridized carbons (Fsp3) is 0.273. The Morgan fingerprint density at radius 2 is 2.32 bits per heavy atom. The molecule has 0 aromatic carbocycles. The first-order valence-corrected chi connectivity index (χ1v) is 7.97. The van der Waals surface area contributed by atoms with E-state index in [2.05, 4.69) is 20.8 Å². The molecular formula is C11H10N4O2S2. The molecule has 0 radical (unpaired) electrons. The van der Waals surface area contributed by atoms with E-state index in [1.165, 1.54) is 23.9 Å². The van der Waals surface area contributed by atoms with Crippen molar-refractivity contribution < 1.29 is 8.42 Å². The molecule has 1 aliphatic carbocycles. The molecular weight excluding hydrogens is 284 g/mol. The fourth-order valence-corrected chi connectivity index (χ4v) is 4.61. The molecule has 19 heavy (non-hydrogen) atoms. The van der Waals surface area contributed by atoms with Gasteiger partial charge in [-0.15, -0.1) is 11.3 Å². The first kappa shape index (κ1) is 12.2. The summed E-state index contributed by atoms with van der Waals surface area (Å²) in [5.41, 5.74) is 1.45. The van der Waals surface area contributed by atoms with Crippen LogP contribution in [0.1, 0.15) is 22.4 Å². The van der Waals surface area contributed by atoms with Gasteiger partial charge in [-0.05, 0) is 24.8 Å². The van der Waals surface area contributed by atoms with Gasteiger partial charge in [0.2, 0.25) is 0 Å². The number of imidazole rings is 1. The van der Waals surface area contributed by atoms with Gasteiger partial charge < -0.3 is 4.98 Å². The van der Waals surface area contributed by atoms with E-state index >= 15 is 0 Å². The summed E-state index contributed by atoms with van der Waals surface area (Å²) in [5.74, 6) is 0. The number of anilines is 1. The van der Waals surface area contributed by atoms with Crippen molar-refractivity contribution >= 4 is 26.4 Å². The highest BCUT2D eigenvalue weighted by atomic mass is 32.2. The van der Waals surface area contributed by atoms with Gasteiger partial charge in [0.25, 0.3) is 10.0 Å². The Balaban J connectivity index is 2.00. The van der Waals surface area contributed by atoms with Gasteiger partial charge in [-0.25, -0.2) is 4.98 Å². The summed E-state index contributed by atoms with van der Waals surface area (Å²) in [6.45, 7) is 0. The van der Waals surface area contributed by atoms with Gasteiger partial charge >= 0.3 is 0 Å². The average Bonchev–Trinajstić information content (AvgIpc) is 3.04. The summed E-state index contributed by atoms with van der Waals surface area (Å²) in [4.78, 5) is 7.34. The van der Waals surface area contributed by atoms with E-state index in [9.17, 15) is 13.7 Å². The van der Waals surface area contributed by atoms with Crippen LogP contribution >= 0.6 is 11.3 Å². The SMILES string of the molecule is N#Cc1c(NS(=O)(=O)c2cnc[nH]2)sc2c1CCC2. The van der Waals surface area contributed by atoms with Gasteiger partial charge in [-0.1, -0.05) is 0 Å². The highest BCUT2D eigenvalue weighted by molar-refractivity contribution is 7.92. The van der Waals surface area contributed by atoms with Crippen LogP contribution in [-0.4, -0.2) is 18.4 Å². The minimum absolute atomic E-state index is 0.00931. The number of aryl methyl sites for hydroxylation is 1. The van der Waals surface area contributed by atoms with Crippen LogP contribution in [0.2, 0.25) is 0 Å². The van der Waals surface area contributed by atoms with Crippen LogP contribution in [0.15, 0.2) is 17.6 Å². The maximum atomic E-state index is 12.1. The molecule has 98 valence electrons. The number of hydrogen-bond donors (Lipinski definition) is 2. The first-order valence-electron chi connectivity index (χ1n) is 5.67. The second-order valence-corrected chi connectivity index (χ2v) is 6.95. The molecule has 0 bridgehead atoms. The van der Waals surface area contributed by atoms with Crippen molar-refractivity contribution in [1.29, 1.82) is 5.26 Å². The second-order valence-electron chi connectivity index (χ2n) is 4.19. The van der Waals surface area contributed by atoms with Crippen LogP contribution in [-0.2, 0) is 22.9 Å². The van der Waals surface area contributed by atoms with Crippen molar-refractivity contribution in [1.82, 2.24) is 9.97 Å². The van der Waals surface area contributed by atoms with Gasteiger partial charge in [0.1, 0.15) is 11.1 Å². The van der Waals surface area contributed by atoms with Crippen molar-refractivity contribution in [2.24, 2.45) is 0 Å². The zero-order chi connectivity index (χ0) is 13.5. The highest BCUT2D eigenvalue weighted by Gasteiger charge is 2.25. The Kier molecular flexibility index (Phi) is 2.80. The maximum Gasteiger partial charge on any atom is 0.279 e. The van der Waals surface area contributed by atoms with Crippen molar-refractivity contribution in [3.05, 3.63) is 28.5 Å². The summed E-state index contributed by atoms with van der Waals surface area (Å²) >= 11 is 1.35. The van der Waals surface area contributed by atoms with E-state index < -0.39 is 10.0 Å². The number of rotatable bonds is 3. The van der Waals surface area contributed by atoms with Crippen LogP contribution in [0.3, 0.4) is 0 Å². The van der Waals surface area contributed by atoms with Crippen LogP contribution in [0.5, 0.6) is 0 Å². The Morgan fingerprint density at radius 3 is 3.00 bits per heavy atom. The fourth-order valence-electron chi connectivity index (χ4n) is 2.16. The van der Waals surface area contributed by atoms with Gasteiger partial charge in [-0.2, -0.15) is 13.7 Å². The Labute approximate surface area is 114 Å². The molecule has 2 heterocycles. The monoisotopic (exact) mass is 294 g/mol. The van der Waals surface area contributed by atoms with Gasteiger partial charge in [0.15, 0.2) is 5.03 Å². The topological polar surface area (TPSA) is 98.6 Å². The number of nitrogens with one attached hydrogen (secondary N) is 2. The summed E-state index contributed by atoms with van der Waals surface area (Å²) < 4.78 is 26.6. The third kappa shape index (κ3) is 2.01. The standard InChI is InChI=1S/C11H10N4O2S2/c12-4-8-7-2-1-3-9(7)18-11(8)15-19(16,17)10-5-13-6-14-10/h5-6,15H,1-3H2,(H,13,14). The molecule has 0 saturated carbocycles. The molecule has 0 amide bonds. The molecule has 0 unspecified atom stereocenters. The first-order chi connectivity index (χ1) is 9.12. The molecule has 3 rings (SSSR count). The molecule has 0 fully saturated rings. The third-order valence-electron chi connectivity index (χ3n) is 3.02. The Morgan fingerprint density at radius 1 is 1.47 bits per heavy atom. The van der Waals surface area contributed by atoms with Gasteiger partial charge in [0, 0.05) is 4.88 Å². The normalized spacial score (nSPS) is 14.1. The number of sulfonamides is 1. The van der Waals surface area contributed by atoms with Gasteiger partial charge in [-0.3, -0.25) is 4.72 Å². The molecule has 2 aromatic rings. The highest BCUT2D eigenvalue weighted by Crippen LogP contribution is 2.39. The molecule has 2 aromatic heterocycles. The predicted molar refractivity (Wildman–Crippen MR) is 70.5 cm³/mol. The van der Waals surface area contributed by atoms with Crippen molar-refractivity contribution in [3.63, 3.8) is 0 Å². The van der Waals surface area contributed by atoms with Crippen LogP contribution in [0, 0.1) is 11.3 Å². The van der Waals surface area contributed by atoms with E-state index in [4.69, 9.17) is 0 Å². The summed E-state index contributed by atoms with van der Waals surface area (Å²) in [6.07, 6.45) is 5.33. The van der Waals surface area contributed by atoms with Crippen LogP contribution < -0.4 is 4.72 Å². The Bertz CT molecular complexity index is 753. The lowest BCUT2D eigenvalue weighted by atomic mass is 10.1. The van der Waals surface area contributed by atoms with E-state index in [1.54, 1.807) is 0 Å². The number of nitrogens with zero attached hydrogens (tertiary/aromatic N) is 2. The van der Waals surface area contributed by atoms with E-state index in [-0.39, 0.29) is 5.03 Å². The molecule has 6 nitrogen and oxygen atoms in total. The molecule has 0 saturated heterocycles. The molecule has 0 aliphatic heterocycles. The number of aromatic amines is 1. The lowest BCUT2D eigenvalue weighted by molar-refractivity contribution is 0.598. The molecule has 8 heteroatoms. The zero-order valence-corrected chi connectivity index (χ0v) is 11.4. The number of fused-ring (bicyclic) bond motifs is 1. The molecule has 0 atom stereocenters. The van der Waals surface area contributed by atoms with Crippen molar-refractivity contribution in [3.8, 4) is 6.07 Å². The average molecular weight is 294 g/mol. The predicted octanol–water partition coefficient (Wildman–Crippen LogP) is 1.63. The van der Waals surface area contributed by atoms with Crippen LogP contribution in [0.4, 0.5) is 5.00 Å². The smallest absolute Gasteiger partial charge is 0.279 e.